The number of fused-ring (bicyclic) bond motifs is 1. The zero-order valence-corrected chi connectivity index (χ0v) is 11.4. The number of amides is 1. The van der Waals surface area contributed by atoms with Crippen LogP contribution in [0.15, 0.2) is 18.2 Å². The third-order valence-electron chi connectivity index (χ3n) is 4.25. The maximum Gasteiger partial charge on any atom is 0.282 e. The van der Waals surface area contributed by atoms with Gasteiger partial charge in [0.1, 0.15) is 5.56 Å². The largest absolute Gasteiger partial charge is 0.364 e. The van der Waals surface area contributed by atoms with Gasteiger partial charge in [0.2, 0.25) is 0 Å². The lowest BCUT2D eigenvalue weighted by molar-refractivity contribution is -0.385. The number of nitrogens with zero attached hydrogens (tertiary/aromatic N) is 3. The first kappa shape index (κ1) is 12.9. The number of hydrogen-bond acceptors (Lipinski definition) is 5. The first-order valence-corrected chi connectivity index (χ1v) is 6.50. The number of likely N-dealkylation sites (tertiary alicyclic amines) is 1. The molecule has 1 aromatic carbocycles. The molecule has 106 valence electrons. The van der Waals surface area contributed by atoms with Crippen LogP contribution in [0.4, 0.5) is 11.4 Å². The fourth-order valence-corrected chi connectivity index (χ4v) is 2.95. The molecule has 0 spiro atoms. The van der Waals surface area contributed by atoms with Gasteiger partial charge in [0, 0.05) is 37.9 Å². The third-order valence-corrected chi connectivity index (χ3v) is 4.25. The molecule has 0 bridgehead atoms. The molecule has 1 N–H and O–H groups in total. The molecule has 0 aromatic heterocycles. The topological polar surface area (TPSA) is 78.7 Å². The van der Waals surface area contributed by atoms with E-state index in [2.05, 4.69) is 22.2 Å². The van der Waals surface area contributed by atoms with E-state index in [-0.39, 0.29) is 11.3 Å². The summed E-state index contributed by atoms with van der Waals surface area (Å²) < 4.78 is 0. The van der Waals surface area contributed by atoms with Crippen molar-refractivity contribution in [1.82, 2.24) is 10.2 Å². The fourth-order valence-electron chi connectivity index (χ4n) is 2.95. The second-order valence-corrected chi connectivity index (χ2v) is 5.26. The highest BCUT2D eigenvalue weighted by molar-refractivity contribution is 5.99. The van der Waals surface area contributed by atoms with Gasteiger partial charge in [-0.15, -0.1) is 0 Å². The maximum atomic E-state index is 11.8. The van der Waals surface area contributed by atoms with Crippen molar-refractivity contribution in [3.05, 3.63) is 33.9 Å². The molecular weight excluding hydrogens is 260 g/mol. The number of piperazine rings is 1. The van der Waals surface area contributed by atoms with E-state index in [0.29, 0.717) is 12.1 Å². The minimum atomic E-state index is -0.523. The molecule has 1 aromatic rings. The average Bonchev–Trinajstić information content (AvgIpc) is 2.43. The highest BCUT2D eigenvalue weighted by Crippen LogP contribution is 2.37. The van der Waals surface area contributed by atoms with E-state index in [0.717, 1.165) is 18.8 Å². The van der Waals surface area contributed by atoms with E-state index < -0.39 is 10.8 Å². The molecule has 2 fully saturated rings. The summed E-state index contributed by atoms with van der Waals surface area (Å²) in [4.78, 5) is 26.7. The molecule has 2 atom stereocenters. The summed E-state index contributed by atoms with van der Waals surface area (Å²) in [5, 5.41) is 13.4. The van der Waals surface area contributed by atoms with Crippen LogP contribution >= 0.6 is 0 Å². The predicted octanol–water partition coefficient (Wildman–Crippen LogP) is 0.457. The minimum Gasteiger partial charge on any atom is -0.364 e. The molecule has 2 heterocycles. The zero-order chi connectivity index (χ0) is 14.4. The van der Waals surface area contributed by atoms with Crippen molar-refractivity contribution in [3.8, 4) is 0 Å². The lowest BCUT2D eigenvalue weighted by Crippen LogP contribution is -2.78. The Hall–Kier alpha value is -2.15. The van der Waals surface area contributed by atoms with Crippen molar-refractivity contribution in [1.29, 1.82) is 0 Å². The molecule has 0 aliphatic carbocycles. The van der Waals surface area contributed by atoms with Crippen molar-refractivity contribution in [2.45, 2.75) is 12.1 Å². The van der Waals surface area contributed by atoms with Gasteiger partial charge in [0.15, 0.2) is 0 Å². The Balaban J connectivity index is 1.90. The average molecular weight is 276 g/mol. The molecule has 7 heteroatoms. The molecule has 1 amide bonds. The number of nitro groups is 1. The number of carbonyl (C=O) groups is 1. The smallest absolute Gasteiger partial charge is 0.282 e. The van der Waals surface area contributed by atoms with Crippen LogP contribution < -0.4 is 10.2 Å². The molecule has 2 aliphatic heterocycles. The molecule has 2 unspecified atom stereocenters. The molecule has 2 saturated heterocycles. The van der Waals surface area contributed by atoms with Crippen LogP contribution in [-0.4, -0.2) is 55.0 Å². The Morgan fingerprint density at radius 1 is 1.40 bits per heavy atom. The van der Waals surface area contributed by atoms with Crippen molar-refractivity contribution in [3.63, 3.8) is 0 Å². The van der Waals surface area contributed by atoms with Crippen LogP contribution in [0.25, 0.3) is 0 Å². The summed E-state index contributed by atoms with van der Waals surface area (Å²) in [6, 6.07) is 5.80. The van der Waals surface area contributed by atoms with Gasteiger partial charge in [0.05, 0.1) is 11.0 Å². The second-order valence-electron chi connectivity index (χ2n) is 5.26. The van der Waals surface area contributed by atoms with Gasteiger partial charge in [-0.2, -0.15) is 0 Å². The van der Waals surface area contributed by atoms with Crippen LogP contribution in [0.2, 0.25) is 0 Å². The first-order valence-electron chi connectivity index (χ1n) is 6.50. The molecule has 2 aliphatic rings. The lowest BCUT2D eigenvalue weighted by Gasteiger charge is -2.62. The zero-order valence-electron chi connectivity index (χ0n) is 11.4. The quantitative estimate of drug-likeness (QED) is 0.641. The van der Waals surface area contributed by atoms with Gasteiger partial charge in [-0.1, -0.05) is 0 Å². The van der Waals surface area contributed by atoms with Crippen LogP contribution in [0, 0.1) is 10.1 Å². The second kappa shape index (κ2) is 4.45. The van der Waals surface area contributed by atoms with Crippen molar-refractivity contribution < 1.29 is 9.72 Å². The summed E-state index contributed by atoms with van der Waals surface area (Å²) in [6.07, 6.45) is 0. The van der Waals surface area contributed by atoms with Gasteiger partial charge in [-0.25, -0.2) is 0 Å². The van der Waals surface area contributed by atoms with Crippen LogP contribution in [0.5, 0.6) is 0 Å². The SMILES string of the molecule is CNC(=O)c1cc(N2CC3C2CN3C)ccc1[N+](=O)[O-]. The van der Waals surface area contributed by atoms with Crippen molar-refractivity contribution in [2.24, 2.45) is 0 Å². The number of nitrogens with one attached hydrogen (secondary N) is 1. The highest BCUT2D eigenvalue weighted by atomic mass is 16.6. The number of carbonyl (C=O) groups excluding carboxylic acids is 1. The lowest BCUT2D eigenvalue weighted by atomic mass is 9.85. The monoisotopic (exact) mass is 276 g/mol. The molecular formula is C13H16N4O3. The van der Waals surface area contributed by atoms with E-state index >= 15 is 0 Å². The summed E-state index contributed by atoms with van der Waals surface area (Å²) in [6.45, 7) is 1.91. The number of anilines is 1. The molecule has 0 radical (unpaired) electrons. The number of hydrogen-bond donors (Lipinski definition) is 1. The summed E-state index contributed by atoms with van der Waals surface area (Å²) >= 11 is 0. The Morgan fingerprint density at radius 2 is 2.15 bits per heavy atom. The van der Waals surface area contributed by atoms with Gasteiger partial charge in [-0.05, 0) is 19.2 Å². The number of rotatable bonds is 3. The van der Waals surface area contributed by atoms with E-state index in [4.69, 9.17) is 0 Å². The van der Waals surface area contributed by atoms with E-state index in [1.54, 1.807) is 12.1 Å². The normalized spacial score (nSPS) is 24.4. The van der Waals surface area contributed by atoms with Crippen molar-refractivity contribution in [2.75, 3.05) is 32.1 Å². The number of likely N-dealkylation sites (N-methyl/N-ethyl adjacent to an activating group) is 1. The van der Waals surface area contributed by atoms with E-state index in [1.165, 1.54) is 13.1 Å². The molecule has 20 heavy (non-hydrogen) atoms. The highest BCUT2D eigenvalue weighted by Gasteiger charge is 2.49. The molecule has 7 nitrogen and oxygen atoms in total. The van der Waals surface area contributed by atoms with Gasteiger partial charge in [0.25, 0.3) is 11.6 Å². The fraction of sp³-hybridized carbons (Fsp3) is 0.462. The number of nitro benzene ring substituents is 1. The Kier molecular flexibility index (Phi) is 2.86. The third kappa shape index (κ3) is 1.74. The van der Waals surface area contributed by atoms with Crippen LogP contribution in [-0.2, 0) is 0 Å². The summed E-state index contributed by atoms with van der Waals surface area (Å²) in [5.41, 5.74) is 0.838. The van der Waals surface area contributed by atoms with E-state index in [1.807, 2.05) is 0 Å². The van der Waals surface area contributed by atoms with Crippen LogP contribution in [0.3, 0.4) is 0 Å². The van der Waals surface area contributed by atoms with Gasteiger partial charge in [-0.3, -0.25) is 19.8 Å². The van der Waals surface area contributed by atoms with E-state index in [9.17, 15) is 14.9 Å². The van der Waals surface area contributed by atoms with Crippen LogP contribution in [0.1, 0.15) is 10.4 Å². The Labute approximate surface area is 116 Å². The van der Waals surface area contributed by atoms with Gasteiger partial charge >= 0.3 is 0 Å². The number of benzene rings is 1. The minimum absolute atomic E-state index is 0.117. The maximum absolute atomic E-state index is 11.8. The first-order chi connectivity index (χ1) is 9.52. The molecule has 3 rings (SSSR count). The standard InChI is InChI=1S/C13H16N4O3/c1-14-13(18)9-5-8(3-4-10(9)17(19)20)16-7-11-12(16)6-15(11)2/h3-5,11-12H,6-7H2,1-2H3,(H,14,18). The van der Waals surface area contributed by atoms with Crippen molar-refractivity contribution >= 4 is 17.3 Å². The predicted molar refractivity (Wildman–Crippen MR) is 74.0 cm³/mol. The van der Waals surface area contributed by atoms with Gasteiger partial charge < -0.3 is 10.2 Å². The molecule has 0 saturated carbocycles. The Morgan fingerprint density at radius 3 is 2.65 bits per heavy atom. The Bertz CT molecular complexity index is 589. The summed E-state index contributed by atoms with van der Waals surface area (Å²) in [7, 11) is 3.56. The summed E-state index contributed by atoms with van der Waals surface area (Å²) in [5.74, 6) is -0.429.